The maximum absolute atomic E-state index is 13.3. The topological polar surface area (TPSA) is 6.48 Å². The van der Waals surface area contributed by atoms with Crippen LogP contribution >= 0.6 is 34.8 Å². The van der Waals surface area contributed by atoms with Gasteiger partial charge in [0.2, 0.25) is 0 Å². The molecule has 1 saturated heterocycles. The molecule has 0 amide bonds. The van der Waals surface area contributed by atoms with E-state index in [2.05, 4.69) is 9.80 Å². The van der Waals surface area contributed by atoms with Crippen LogP contribution in [0.5, 0.6) is 0 Å². The summed E-state index contributed by atoms with van der Waals surface area (Å²) in [5, 5.41) is 2.02. The van der Waals surface area contributed by atoms with Gasteiger partial charge in [-0.05, 0) is 47.5 Å². The van der Waals surface area contributed by atoms with Crippen LogP contribution in [0.2, 0.25) is 15.1 Å². The van der Waals surface area contributed by atoms with Crippen molar-refractivity contribution in [1.82, 2.24) is 9.80 Å². The second-order valence-electron chi connectivity index (χ2n) is 7.20. The molecule has 0 bridgehead atoms. The average molecular weight is 450 g/mol. The summed E-state index contributed by atoms with van der Waals surface area (Å²) in [6.07, 6.45) is -0.0723. The largest absolute Gasteiger partial charge is 0.278 e. The highest BCUT2D eigenvalue weighted by Crippen LogP contribution is 2.40. The van der Waals surface area contributed by atoms with Gasteiger partial charge in [-0.25, -0.2) is 4.39 Å². The highest BCUT2D eigenvalue weighted by atomic mass is 35.5. The van der Waals surface area contributed by atoms with Gasteiger partial charge in [0.05, 0.1) is 6.17 Å². The van der Waals surface area contributed by atoms with E-state index in [0.717, 1.165) is 35.8 Å². The average Bonchev–Trinajstić information content (AvgIpc) is 3.07. The van der Waals surface area contributed by atoms with E-state index < -0.39 is 0 Å². The summed E-state index contributed by atoms with van der Waals surface area (Å²) in [5.41, 5.74) is 3.13. The molecule has 0 aromatic heterocycles. The highest BCUT2D eigenvalue weighted by molar-refractivity contribution is 6.36. The lowest BCUT2D eigenvalue weighted by atomic mass is 10.1. The van der Waals surface area contributed by atoms with Crippen LogP contribution in [-0.4, -0.2) is 22.9 Å². The van der Waals surface area contributed by atoms with Gasteiger partial charge in [0.1, 0.15) is 5.82 Å². The number of benzene rings is 3. The van der Waals surface area contributed by atoms with E-state index in [1.807, 2.05) is 54.6 Å². The Balaban J connectivity index is 1.65. The summed E-state index contributed by atoms with van der Waals surface area (Å²) in [7, 11) is 0. The van der Waals surface area contributed by atoms with Crippen molar-refractivity contribution in [2.75, 3.05) is 13.1 Å². The Morgan fingerprint density at radius 3 is 1.72 bits per heavy atom. The standard InChI is InChI=1S/C23H20Cl3FN2/c24-18-8-4-16(5-9-18)14-28-12-13-29(15-17-6-10-19(27)11-7-17)23(28)22-20(25)2-1-3-21(22)26/h1-11,23H,12-15H2/t23-/m1/s1. The third-order valence-electron chi connectivity index (χ3n) is 5.22. The molecule has 0 spiro atoms. The van der Waals surface area contributed by atoms with E-state index in [0.29, 0.717) is 16.6 Å². The van der Waals surface area contributed by atoms with E-state index in [4.69, 9.17) is 34.8 Å². The maximum Gasteiger partial charge on any atom is 0.123 e. The predicted molar refractivity (Wildman–Crippen MR) is 118 cm³/mol. The molecule has 1 fully saturated rings. The second-order valence-corrected chi connectivity index (χ2v) is 8.45. The number of halogens is 4. The van der Waals surface area contributed by atoms with Crippen molar-refractivity contribution in [3.63, 3.8) is 0 Å². The normalized spacial score (nSPS) is 17.7. The molecule has 29 heavy (non-hydrogen) atoms. The van der Waals surface area contributed by atoms with Crippen molar-refractivity contribution in [2.45, 2.75) is 19.3 Å². The molecule has 0 aliphatic carbocycles. The van der Waals surface area contributed by atoms with E-state index in [1.165, 1.54) is 17.7 Å². The number of hydrogen-bond acceptors (Lipinski definition) is 2. The van der Waals surface area contributed by atoms with Crippen molar-refractivity contribution in [2.24, 2.45) is 0 Å². The first kappa shape index (κ1) is 20.6. The smallest absolute Gasteiger partial charge is 0.123 e. The van der Waals surface area contributed by atoms with Gasteiger partial charge in [-0.2, -0.15) is 0 Å². The van der Waals surface area contributed by atoms with Gasteiger partial charge in [-0.15, -0.1) is 0 Å². The van der Waals surface area contributed by atoms with Crippen LogP contribution in [0.15, 0.2) is 66.7 Å². The van der Waals surface area contributed by atoms with Crippen LogP contribution in [0.4, 0.5) is 4.39 Å². The molecule has 1 aliphatic rings. The molecule has 6 heteroatoms. The quantitative estimate of drug-likeness (QED) is 0.422. The summed E-state index contributed by atoms with van der Waals surface area (Å²) >= 11 is 19.2. The minimum Gasteiger partial charge on any atom is -0.278 e. The third kappa shape index (κ3) is 4.76. The molecule has 4 rings (SSSR count). The number of rotatable bonds is 5. The van der Waals surface area contributed by atoms with E-state index in [9.17, 15) is 4.39 Å². The van der Waals surface area contributed by atoms with Crippen LogP contribution in [0.25, 0.3) is 0 Å². The third-order valence-corrected chi connectivity index (χ3v) is 6.13. The fraction of sp³-hybridized carbons (Fsp3) is 0.217. The van der Waals surface area contributed by atoms with Gasteiger partial charge < -0.3 is 0 Å². The zero-order valence-corrected chi connectivity index (χ0v) is 17.9. The fourth-order valence-corrected chi connectivity index (χ4v) is 4.55. The Morgan fingerprint density at radius 2 is 1.21 bits per heavy atom. The van der Waals surface area contributed by atoms with Crippen molar-refractivity contribution in [3.05, 3.63) is 104 Å². The first-order valence-electron chi connectivity index (χ1n) is 9.42. The molecule has 1 heterocycles. The van der Waals surface area contributed by atoms with Crippen molar-refractivity contribution in [3.8, 4) is 0 Å². The molecule has 3 aromatic rings. The van der Waals surface area contributed by atoms with Gasteiger partial charge in [0, 0.05) is 46.8 Å². The van der Waals surface area contributed by atoms with Gasteiger partial charge in [-0.3, -0.25) is 9.80 Å². The van der Waals surface area contributed by atoms with Crippen molar-refractivity contribution >= 4 is 34.8 Å². The molecule has 3 aromatic carbocycles. The Hall–Kier alpha value is -1.62. The molecule has 0 unspecified atom stereocenters. The Kier molecular flexibility index (Phi) is 6.43. The van der Waals surface area contributed by atoms with Crippen molar-refractivity contribution < 1.29 is 4.39 Å². The molecule has 0 N–H and O–H groups in total. The van der Waals surface area contributed by atoms with E-state index in [-0.39, 0.29) is 12.0 Å². The van der Waals surface area contributed by atoms with Crippen LogP contribution in [0.1, 0.15) is 22.9 Å². The zero-order valence-electron chi connectivity index (χ0n) is 15.7. The molecule has 150 valence electrons. The molecule has 0 radical (unpaired) electrons. The van der Waals surface area contributed by atoms with Gasteiger partial charge >= 0.3 is 0 Å². The van der Waals surface area contributed by atoms with Gasteiger partial charge in [0.15, 0.2) is 0 Å². The SMILES string of the molecule is Fc1ccc(CN2CCN(Cc3ccc(Cl)cc3)[C@H]2c2c(Cl)cccc2Cl)cc1. The van der Waals surface area contributed by atoms with Crippen LogP contribution in [0, 0.1) is 5.82 Å². The summed E-state index contributed by atoms with van der Waals surface area (Å²) in [6.45, 7) is 3.17. The zero-order chi connectivity index (χ0) is 20.4. The van der Waals surface area contributed by atoms with E-state index in [1.54, 1.807) is 0 Å². The lowest BCUT2D eigenvalue weighted by Gasteiger charge is -2.32. The Morgan fingerprint density at radius 1 is 0.724 bits per heavy atom. The molecular weight excluding hydrogens is 430 g/mol. The maximum atomic E-state index is 13.3. The Labute approximate surface area is 185 Å². The minimum absolute atomic E-state index is 0.0723. The van der Waals surface area contributed by atoms with Gasteiger partial charge in [0.25, 0.3) is 0 Å². The van der Waals surface area contributed by atoms with Crippen LogP contribution in [0.3, 0.4) is 0 Å². The first-order chi connectivity index (χ1) is 14.0. The lowest BCUT2D eigenvalue weighted by molar-refractivity contribution is 0.126. The Bertz CT molecular complexity index is 901. The molecule has 1 aliphatic heterocycles. The molecular formula is C23H20Cl3FN2. The number of hydrogen-bond donors (Lipinski definition) is 0. The summed E-state index contributed by atoms with van der Waals surface area (Å²) in [5.74, 6) is -0.231. The molecule has 2 nitrogen and oxygen atoms in total. The lowest BCUT2D eigenvalue weighted by Crippen LogP contribution is -2.31. The summed E-state index contributed by atoms with van der Waals surface area (Å²) < 4.78 is 13.3. The van der Waals surface area contributed by atoms with E-state index >= 15 is 0 Å². The fourth-order valence-electron chi connectivity index (χ4n) is 3.83. The van der Waals surface area contributed by atoms with Crippen LogP contribution < -0.4 is 0 Å². The van der Waals surface area contributed by atoms with Crippen molar-refractivity contribution in [1.29, 1.82) is 0 Å². The molecule has 1 atom stereocenters. The minimum atomic E-state index is -0.231. The second kappa shape index (κ2) is 9.03. The number of nitrogens with zero attached hydrogens (tertiary/aromatic N) is 2. The summed E-state index contributed by atoms with van der Waals surface area (Å²) in [4.78, 5) is 4.69. The predicted octanol–water partition coefficient (Wildman–Crippen LogP) is 6.80. The summed E-state index contributed by atoms with van der Waals surface area (Å²) in [6, 6.07) is 20.1. The molecule has 0 saturated carbocycles. The monoisotopic (exact) mass is 448 g/mol. The highest BCUT2D eigenvalue weighted by Gasteiger charge is 2.35. The van der Waals surface area contributed by atoms with Gasteiger partial charge in [-0.1, -0.05) is 65.1 Å². The van der Waals surface area contributed by atoms with Crippen LogP contribution in [-0.2, 0) is 13.1 Å². The first-order valence-corrected chi connectivity index (χ1v) is 10.6.